The fraction of sp³-hybridized carbons (Fsp3) is 0.294. The average Bonchev–Trinajstić information content (AvgIpc) is 2.43. The maximum absolute atomic E-state index is 9.23. The van der Waals surface area contributed by atoms with Gasteiger partial charge in [0.1, 0.15) is 5.75 Å². The van der Waals surface area contributed by atoms with Crippen LogP contribution in [-0.2, 0) is 17.6 Å². The van der Waals surface area contributed by atoms with Gasteiger partial charge in [-0.15, -0.1) is 0 Å². The second kappa shape index (κ2) is 6.95. The van der Waals surface area contributed by atoms with E-state index in [1.54, 1.807) is 12.1 Å². The molecule has 0 heterocycles. The van der Waals surface area contributed by atoms with Gasteiger partial charge in [-0.25, -0.2) is 0 Å². The number of rotatable bonds is 6. The van der Waals surface area contributed by atoms with Gasteiger partial charge in [0.05, 0.1) is 12.7 Å². The van der Waals surface area contributed by atoms with E-state index in [2.05, 4.69) is 31.2 Å². The first-order valence-electron chi connectivity index (χ1n) is 6.67. The van der Waals surface area contributed by atoms with Crippen LogP contribution in [0.15, 0.2) is 54.6 Å². The van der Waals surface area contributed by atoms with Crippen molar-refractivity contribution in [2.24, 2.45) is 0 Å². The van der Waals surface area contributed by atoms with Crippen LogP contribution < -0.4 is 0 Å². The Bertz CT molecular complexity index is 476. The van der Waals surface area contributed by atoms with Gasteiger partial charge in [-0.1, -0.05) is 42.5 Å². The van der Waals surface area contributed by atoms with Crippen molar-refractivity contribution in [3.05, 3.63) is 65.7 Å². The first-order valence-corrected chi connectivity index (χ1v) is 6.67. The molecule has 0 saturated heterocycles. The third kappa shape index (κ3) is 4.76. The van der Waals surface area contributed by atoms with Crippen molar-refractivity contribution in [1.82, 2.24) is 0 Å². The van der Waals surface area contributed by atoms with Crippen LogP contribution in [0.4, 0.5) is 0 Å². The molecule has 0 bridgehead atoms. The maximum atomic E-state index is 9.23. The van der Waals surface area contributed by atoms with Crippen LogP contribution in [-0.4, -0.2) is 17.8 Å². The fourth-order valence-electron chi connectivity index (χ4n) is 2.05. The number of phenols is 1. The van der Waals surface area contributed by atoms with Crippen molar-refractivity contribution in [2.45, 2.75) is 25.9 Å². The van der Waals surface area contributed by atoms with Crippen molar-refractivity contribution in [1.29, 1.82) is 0 Å². The summed E-state index contributed by atoms with van der Waals surface area (Å²) in [5.41, 5.74) is 2.49. The lowest BCUT2D eigenvalue weighted by molar-refractivity contribution is 0.0687. The molecule has 1 N–H and O–H groups in total. The molecule has 100 valence electrons. The topological polar surface area (TPSA) is 29.5 Å². The van der Waals surface area contributed by atoms with E-state index < -0.39 is 0 Å². The predicted octanol–water partition coefficient (Wildman–Crippen LogP) is 3.58. The fourth-order valence-corrected chi connectivity index (χ4v) is 2.05. The lowest BCUT2D eigenvalue weighted by atomic mass is 10.1. The van der Waals surface area contributed by atoms with Crippen LogP contribution in [0.5, 0.6) is 5.75 Å². The normalized spacial score (nSPS) is 12.3. The Hall–Kier alpha value is -1.80. The molecule has 2 heteroatoms. The van der Waals surface area contributed by atoms with Crippen molar-refractivity contribution in [3.8, 4) is 5.75 Å². The molecule has 2 rings (SSSR count). The Balaban J connectivity index is 1.73. The van der Waals surface area contributed by atoms with Crippen LogP contribution in [0.2, 0.25) is 0 Å². The van der Waals surface area contributed by atoms with Crippen LogP contribution in [0, 0.1) is 0 Å². The minimum Gasteiger partial charge on any atom is -0.508 e. The van der Waals surface area contributed by atoms with Gasteiger partial charge in [0.15, 0.2) is 0 Å². The summed E-state index contributed by atoms with van der Waals surface area (Å²) < 4.78 is 5.82. The number of aromatic hydroxyl groups is 1. The standard InChI is InChI=1S/C17H20O2/c1-14(13-16-7-9-17(18)10-8-16)19-12-11-15-5-3-2-4-6-15/h2-10,14,18H,11-13H2,1H3. The molecule has 2 aromatic rings. The minimum absolute atomic E-state index is 0.188. The van der Waals surface area contributed by atoms with Gasteiger partial charge in [-0.05, 0) is 43.0 Å². The van der Waals surface area contributed by atoms with E-state index in [0.29, 0.717) is 5.75 Å². The molecule has 0 spiro atoms. The molecule has 2 aromatic carbocycles. The van der Waals surface area contributed by atoms with Gasteiger partial charge in [-0.3, -0.25) is 0 Å². The van der Waals surface area contributed by atoms with Crippen molar-refractivity contribution in [3.63, 3.8) is 0 Å². The summed E-state index contributed by atoms with van der Waals surface area (Å²) >= 11 is 0. The highest BCUT2D eigenvalue weighted by molar-refractivity contribution is 5.26. The van der Waals surface area contributed by atoms with Crippen molar-refractivity contribution >= 4 is 0 Å². The Morgan fingerprint density at radius 2 is 1.63 bits per heavy atom. The Morgan fingerprint density at radius 3 is 2.32 bits per heavy atom. The maximum Gasteiger partial charge on any atom is 0.115 e. The smallest absolute Gasteiger partial charge is 0.115 e. The molecule has 0 fully saturated rings. The number of ether oxygens (including phenoxy) is 1. The Labute approximate surface area is 114 Å². The zero-order valence-corrected chi connectivity index (χ0v) is 11.3. The highest BCUT2D eigenvalue weighted by atomic mass is 16.5. The summed E-state index contributed by atoms with van der Waals surface area (Å²) in [5.74, 6) is 0.307. The van der Waals surface area contributed by atoms with E-state index in [9.17, 15) is 5.11 Å². The first-order chi connectivity index (χ1) is 9.24. The second-order valence-corrected chi connectivity index (χ2v) is 4.79. The summed E-state index contributed by atoms with van der Waals surface area (Å²) in [7, 11) is 0. The third-order valence-corrected chi connectivity index (χ3v) is 3.10. The van der Waals surface area contributed by atoms with Gasteiger partial charge in [-0.2, -0.15) is 0 Å². The minimum atomic E-state index is 0.188. The number of benzene rings is 2. The molecule has 19 heavy (non-hydrogen) atoms. The van der Waals surface area contributed by atoms with Gasteiger partial charge < -0.3 is 9.84 Å². The van der Waals surface area contributed by atoms with Gasteiger partial charge in [0.25, 0.3) is 0 Å². The molecule has 0 saturated carbocycles. The molecule has 1 unspecified atom stereocenters. The Kier molecular flexibility index (Phi) is 4.99. The van der Waals surface area contributed by atoms with Gasteiger partial charge in [0, 0.05) is 0 Å². The summed E-state index contributed by atoms with van der Waals surface area (Å²) in [5, 5.41) is 9.23. The average molecular weight is 256 g/mol. The number of phenolic OH excluding ortho intramolecular Hbond substituents is 1. The van der Waals surface area contributed by atoms with Crippen LogP contribution in [0.25, 0.3) is 0 Å². The number of hydrogen-bond donors (Lipinski definition) is 1. The van der Waals surface area contributed by atoms with Crippen molar-refractivity contribution < 1.29 is 9.84 Å². The zero-order valence-electron chi connectivity index (χ0n) is 11.3. The molecule has 0 radical (unpaired) electrons. The summed E-state index contributed by atoms with van der Waals surface area (Å²) in [6, 6.07) is 17.7. The lowest BCUT2D eigenvalue weighted by Crippen LogP contribution is -2.13. The molecular formula is C17H20O2. The molecule has 1 atom stereocenters. The largest absolute Gasteiger partial charge is 0.508 e. The Morgan fingerprint density at radius 1 is 0.947 bits per heavy atom. The molecule has 0 aliphatic heterocycles. The second-order valence-electron chi connectivity index (χ2n) is 4.79. The van der Waals surface area contributed by atoms with Crippen LogP contribution in [0.3, 0.4) is 0 Å². The summed E-state index contributed by atoms with van der Waals surface area (Å²) in [6.07, 6.45) is 2.00. The SMILES string of the molecule is CC(Cc1ccc(O)cc1)OCCc1ccccc1. The first kappa shape index (κ1) is 13.6. The van der Waals surface area contributed by atoms with E-state index in [4.69, 9.17) is 4.74 Å². The van der Waals surface area contributed by atoms with Crippen LogP contribution >= 0.6 is 0 Å². The van der Waals surface area contributed by atoms with E-state index in [0.717, 1.165) is 19.4 Å². The van der Waals surface area contributed by atoms with E-state index in [-0.39, 0.29) is 6.10 Å². The third-order valence-electron chi connectivity index (χ3n) is 3.10. The van der Waals surface area contributed by atoms with E-state index in [1.807, 2.05) is 18.2 Å². The van der Waals surface area contributed by atoms with E-state index in [1.165, 1.54) is 11.1 Å². The number of hydrogen-bond acceptors (Lipinski definition) is 2. The molecule has 0 aliphatic carbocycles. The quantitative estimate of drug-likeness (QED) is 0.856. The predicted molar refractivity (Wildman–Crippen MR) is 77.4 cm³/mol. The van der Waals surface area contributed by atoms with Crippen LogP contribution in [0.1, 0.15) is 18.1 Å². The molecular weight excluding hydrogens is 236 g/mol. The monoisotopic (exact) mass is 256 g/mol. The molecule has 0 aromatic heterocycles. The molecule has 0 amide bonds. The van der Waals surface area contributed by atoms with Crippen molar-refractivity contribution in [2.75, 3.05) is 6.61 Å². The summed E-state index contributed by atoms with van der Waals surface area (Å²) in [6.45, 7) is 2.82. The zero-order chi connectivity index (χ0) is 13.5. The van der Waals surface area contributed by atoms with E-state index >= 15 is 0 Å². The van der Waals surface area contributed by atoms with Gasteiger partial charge >= 0.3 is 0 Å². The molecule has 2 nitrogen and oxygen atoms in total. The highest BCUT2D eigenvalue weighted by Crippen LogP contribution is 2.12. The molecule has 0 aliphatic rings. The highest BCUT2D eigenvalue weighted by Gasteiger charge is 2.04. The van der Waals surface area contributed by atoms with Gasteiger partial charge in [0.2, 0.25) is 0 Å². The summed E-state index contributed by atoms with van der Waals surface area (Å²) in [4.78, 5) is 0. The lowest BCUT2D eigenvalue weighted by Gasteiger charge is -2.13.